The van der Waals surface area contributed by atoms with Crippen LogP contribution in [0.4, 0.5) is 28.4 Å². The Morgan fingerprint density at radius 3 is 1.87 bits per heavy atom. The Hall–Kier alpha value is -6.78. The highest BCUT2D eigenvalue weighted by molar-refractivity contribution is 7.00. The Bertz CT molecular complexity index is 3280. The monoisotopic (exact) mass is 797 g/mol. The zero-order valence-electron chi connectivity index (χ0n) is 35.9. The number of hydrogen-bond donors (Lipinski definition) is 0. The summed E-state index contributed by atoms with van der Waals surface area (Å²) >= 11 is 0. The Labute approximate surface area is 365 Å². The van der Waals surface area contributed by atoms with Crippen LogP contribution in [0.15, 0.2) is 170 Å². The minimum absolute atomic E-state index is 0.0246. The Morgan fingerprint density at radius 2 is 1.16 bits per heavy atom. The van der Waals surface area contributed by atoms with Crippen molar-refractivity contribution in [3.63, 3.8) is 0 Å². The molecule has 62 heavy (non-hydrogen) atoms. The van der Waals surface area contributed by atoms with Gasteiger partial charge in [-0.2, -0.15) is 0 Å². The fraction of sp³-hybridized carbons (Fsp3) is 0.172. The minimum atomic E-state index is -0.0800. The van der Waals surface area contributed by atoms with Crippen molar-refractivity contribution in [1.82, 2.24) is 4.57 Å². The highest BCUT2D eigenvalue weighted by Crippen LogP contribution is 2.62. The van der Waals surface area contributed by atoms with E-state index in [-0.39, 0.29) is 17.7 Å². The van der Waals surface area contributed by atoms with Gasteiger partial charge < -0.3 is 14.4 Å². The zero-order valence-corrected chi connectivity index (χ0v) is 35.9. The molecule has 1 aliphatic carbocycles. The number of fused-ring (bicyclic) bond motifs is 10. The predicted molar refractivity (Wildman–Crippen MR) is 263 cm³/mol. The molecule has 8 aromatic carbocycles. The van der Waals surface area contributed by atoms with Crippen LogP contribution < -0.4 is 26.2 Å². The van der Waals surface area contributed by atoms with Crippen LogP contribution in [0.3, 0.4) is 0 Å². The number of benzene rings is 8. The van der Waals surface area contributed by atoms with E-state index in [4.69, 9.17) is 0 Å². The van der Waals surface area contributed by atoms with Gasteiger partial charge in [-0.3, -0.25) is 0 Å². The van der Waals surface area contributed by atoms with Crippen LogP contribution in [0.1, 0.15) is 56.2 Å². The third kappa shape index (κ3) is 4.78. The molecule has 2 unspecified atom stereocenters. The van der Waals surface area contributed by atoms with Gasteiger partial charge in [0.1, 0.15) is 0 Å². The quantitative estimate of drug-likeness (QED) is 0.161. The molecule has 3 nitrogen and oxygen atoms in total. The molecule has 1 aromatic heterocycles. The van der Waals surface area contributed by atoms with Gasteiger partial charge in [0.05, 0.1) is 16.7 Å². The van der Waals surface area contributed by atoms with Gasteiger partial charge in [0.2, 0.25) is 0 Å². The lowest BCUT2D eigenvalue weighted by molar-refractivity contribution is 0.195. The average Bonchev–Trinajstić information content (AvgIpc) is 3.74. The van der Waals surface area contributed by atoms with Crippen LogP contribution in [0.5, 0.6) is 0 Å². The number of hydrogen-bond acceptors (Lipinski definition) is 2. The Kier molecular flexibility index (Phi) is 7.46. The molecule has 9 aromatic rings. The highest BCUT2D eigenvalue weighted by atomic mass is 15.3. The summed E-state index contributed by atoms with van der Waals surface area (Å²) < 4.78 is 2.65. The van der Waals surface area contributed by atoms with Crippen molar-refractivity contribution < 1.29 is 0 Å². The molecule has 4 aliphatic rings. The van der Waals surface area contributed by atoms with E-state index < -0.39 is 0 Å². The van der Waals surface area contributed by atoms with E-state index in [1.54, 1.807) is 0 Å². The molecule has 0 amide bonds. The fourth-order valence-electron chi connectivity index (χ4n) is 12.5. The van der Waals surface area contributed by atoms with E-state index in [2.05, 4.69) is 212 Å². The molecule has 4 heteroatoms. The van der Waals surface area contributed by atoms with Gasteiger partial charge in [-0.15, -0.1) is 0 Å². The van der Waals surface area contributed by atoms with Crippen molar-refractivity contribution in [2.24, 2.45) is 0 Å². The third-order valence-electron chi connectivity index (χ3n) is 15.6. The molecular weight excluding hydrogens is 749 g/mol. The van der Waals surface area contributed by atoms with Crippen LogP contribution >= 0.6 is 0 Å². The lowest BCUT2D eigenvalue weighted by Gasteiger charge is -2.52. The Balaban J connectivity index is 1.20. The first-order valence-electron chi connectivity index (χ1n) is 22.6. The second kappa shape index (κ2) is 12.9. The number of para-hydroxylation sites is 1. The number of aromatic nitrogens is 1. The Morgan fingerprint density at radius 1 is 0.516 bits per heavy atom. The first-order valence-corrected chi connectivity index (χ1v) is 22.6. The smallest absolute Gasteiger partial charge is 0.252 e. The predicted octanol–water partition coefficient (Wildman–Crippen LogP) is 13.1. The van der Waals surface area contributed by atoms with Crippen LogP contribution in [0.2, 0.25) is 0 Å². The van der Waals surface area contributed by atoms with E-state index >= 15 is 0 Å². The third-order valence-corrected chi connectivity index (χ3v) is 15.6. The van der Waals surface area contributed by atoms with Gasteiger partial charge >= 0.3 is 0 Å². The standard InChI is InChI=1S/C58H48BN3/c1-37-16-13-22-43(30-37)60(44-23-14-17-38(2)31-44)45-35-52-54-53(36-45)62-56-48(57(3)28-11-12-29-58(57,62)4)24-15-25-49(56)59(54)50-34-42(40-20-9-6-10-21-40)33-47-46-32-41(39-18-7-5-8-19-39)26-27-51(46)61(52)55(47)50/h5-10,13-27,30-36H,11-12,28-29H2,1-4H3. The first kappa shape index (κ1) is 35.9. The summed E-state index contributed by atoms with van der Waals surface area (Å²) in [5.74, 6) is 0. The van der Waals surface area contributed by atoms with Crippen molar-refractivity contribution in [2.75, 3.05) is 9.80 Å². The first-order chi connectivity index (χ1) is 30.3. The molecule has 2 atom stereocenters. The molecule has 1 saturated carbocycles. The second-order valence-electron chi connectivity index (χ2n) is 19.0. The second-order valence-corrected chi connectivity index (χ2v) is 19.0. The van der Waals surface area contributed by atoms with Gasteiger partial charge in [-0.05, 0) is 144 Å². The average molecular weight is 798 g/mol. The zero-order chi connectivity index (χ0) is 41.5. The topological polar surface area (TPSA) is 11.4 Å². The van der Waals surface area contributed by atoms with Gasteiger partial charge in [0.25, 0.3) is 6.71 Å². The highest BCUT2D eigenvalue weighted by Gasteiger charge is 2.61. The van der Waals surface area contributed by atoms with E-state index in [1.807, 2.05) is 0 Å². The molecule has 4 heterocycles. The van der Waals surface area contributed by atoms with Crippen molar-refractivity contribution in [3.05, 3.63) is 187 Å². The molecule has 13 rings (SSSR count). The summed E-state index contributed by atoms with van der Waals surface area (Å²) in [6, 6.07) is 64.6. The van der Waals surface area contributed by atoms with E-state index in [9.17, 15) is 0 Å². The summed E-state index contributed by atoms with van der Waals surface area (Å²) in [5.41, 5.74) is 23.4. The molecule has 0 saturated heterocycles. The number of anilines is 5. The number of rotatable bonds is 5. The normalized spacial score (nSPS) is 19.1. The van der Waals surface area contributed by atoms with E-state index in [1.165, 1.54) is 131 Å². The number of nitrogens with zero attached hydrogens (tertiary/aromatic N) is 3. The lowest BCUT2D eigenvalue weighted by atomic mass is 9.33. The molecule has 3 aliphatic heterocycles. The molecule has 0 radical (unpaired) electrons. The minimum Gasteiger partial charge on any atom is -0.335 e. The van der Waals surface area contributed by atoms with Crippen molar-refractivity contribution >= 4 is 73.3 Å². The van der Waals surface area contributed by atoms with Crippen molar-refractivity contribution in [3.8, 4) is 27.9 Å². The maximum absolute atomic E-state index is 2.86. The summed E-state index contributed by atoms with van der Waals surface area (Å²) in [5, 5.41) is 2.60. The summed E-state index contributed by atoms with van der Waals surface area (Å²) in [6.45, 7) is 9.66. The maximum Gasteiger partial charge on any atom is 0.252 e. The van der Waals surface area contributed by atoms with E-state index in [0.29, 0.717) is 0 Å². The van der Waals surface area contributed by atoms with Crippen molar-refractivity contribution in [2.45, 2.75) is 64.3 Å². The van der Waals surface area contributed by atoms with Gasteiger partial charge in [-0.25, -0.2) is 0 Å². The van der Waals surface area contributed by atoms with Crippen molar-refractivity contribution in [1.29, 1.82) is 0 Å². The van der Waals surface area contributed by atoms with Crippen LogP contribution in [0.25, 0.3) is 49.7 Å². The molecule has 298 valence electrons. The summed E-state index contributed by atoms with van der Waals surface area (Å²) in [6.07, 6.45) is 4.87. The summed E-state index contributed by atoms with van der Waals surface area (Å²) in [4.78, 5) is 5.37. The van der Waals surface area contributed by atoms with Gasteiger partial charge in [-0.1, -0.05) is 135 Å². The summed E-state index contributed by atoms with van der Waals surface area (Å²) in [7, 11) is 0. The number of aryl methyl sites for hydroxylation is 2. The molecule has 1 fully saturated rings. The maximum atomic E-state index is 2.86. The van der Waals surface area contributed by atoms with Crippen LogP contribution in [-0.4, -0.2) is 16.8 Å². The van der Waals surface area contributed by atoms with Crippen LogP contribution in [-0.2, 0) is 5.41 Å². The molecule has 0 spiro atoms. The fourth-order valence-corrected chi connectivity index (χ4v) is 12.5. The molecule has 0 bridgehead atoms. The van der Waals surface area contributed by atoms with Crippen LogP contribution in [0, 0.1) is 13.8 Å². The SMILES string of the molecule is Cc1cccc(N(c2cccc(C)c2)c2cc3c4c(c2)-n2c5ccc(-c6ccccc6)cc5c5cc(-c6ccccc6)cc(c52)B4c2cccc4c2N3C2(C)CCCCC42C)c1. The molecular formula is C58H48BN3. The van der Waals surface area contributed by atoms with Gasteiger partial charge in [0.15, 0.2) is 0 Å². The lowest BCUT2D eigenvalue weighted by Crippen LogP contribution is -2.64. The van der Waals surface area contributed by atoms with Gasteiger partial charge in [0, 0.05) is 50.1 Å². The largest absolute Gasteiger partial charge is 0.335 e. The molecule has 0 N–H and O–H groups in total. The van der Waals surface area contributed by atoms with E-state index in [0.717, 1.165) is 6.42 Å².